The van der Waals surface area contributed by atoms with Crippen LogP contribution < -0.4 is 16.0 Å². The molecule has 222 valence electrons. The highest BCUT2D eigenvalue weighted by molar-refractivity contribution is 4.93. The molecule has 0 spiro atoms. The maximum atomic E-state index is 12.5. The van der Waals surface area contributed by atoms with E-state index in [1.165, 1.54) is 0 Å². The van der Waals surface area contributed by atoms with Crippen LogP contribution in [0.15, 0.2) is 0 Å². The van der Waals surface area contributed by atoms with Gasteiger partial charge >= 0.3 is 0 Å². The van der Waals surface area contributed by atoms with Crippen LogP contribution in [0.25, 0.3) is 0 Å². The molecule has 0 aromatic heterocycles. The summed E-state index contributed by atoms with van der Waals surface area (Å²) in [7, 11) is 0. The lowest BCUT2D eigenvalue weighted by molar-refractivity contribution is -0.103. The second kappa shape index (κ2) is 17.1. The molecule has 0 saturated carbocycles. The van der Waals surface area contributed by atoms with Gasteiger partial charge in [0, 0.05) is 49.6 Å². The third kappa shape index (κ3) is 9.50. The van der Waals surface area contributed by atoms with Crippen LogP contribution in [-0.4, -0.2) is 125 Å². The summed E-state index contributed by atoms with van der Waals surface area (Å²) < 4.78 is 49.8. The van der Waals surface area contributed by atoms with Crippen molar-refractivity contribution >= 4 is 0 Å². The molecule has 3 aliphatic heterocycles. The van der Waals surface area contributed by atoms with Crippen LogP contribution in [0.5, 0.6) is 0 Å². The zero-order chi connectivity index (χ0) is 28.3. The topological polar surface area (TPSA) is 157 Å². The molecule has 0 bridgehead atoms. The van der Waals surface area contributed by atoms with E-state index in [2.05, 4.69) is 16.0 Å². The first-order valence-corrected chi connectivity index (χ1v) is 13.2. The Hall–Kier alpha value is -0.640. The van der Waals surface area contributed by atoms with E-state index in [9.17, 15) is 43.1 Å². The molecule has 3 aliphatic rings. The van der Waals surface area contributed by atoms with Gasteiger partial charge in [0.05, 0.1) is 55.9 Å². The maximum absolute atomic E-state index is 12.5. The van der Waals surface area contributed by atoms with Crippen LogP contribution in [-0.2, 0) is 0 Å². The molecule has 9 N–H and O–H groups in total. The van der Waals surface area contributed by atoms with Gasteiger partial charge in [-0.05, 0) is 19.3 Å². The molecule has 12 atom stereocenters. The van der Waals surface area contributed by atoms with Crippen molar-refractivity contribution in [2.75, 3.05) is 33.0 Å². The Bertz CT molecular complexity index is 579. The van der Waals surface area contributed by atoms with Crippen LogP contribution >= 0.6 is 0 Å². The summed E-state index contributed by atoms with van der Waals surface area (Å²) in [6.07, 6.45) is -6.39. The number of rotatable bonds is 6. The van der Waals surface area contributed by atoms with Gasteiger partial charge in [0.25, 0.3) is 0 Å². The molecule has 9 nitrogen and oxygen atoms in total. The number of hydrogen-bond acceptors (Lipinski definition) is 9. The molecule has 3 heterocycles. The standard InChI is InChI=1S/C8H15F2NO2.2C8H16FNO2/c1-2-4-6(8(9)10)7(13)5(12)3-11-4;2*1-2-6-5(3-9)8(12)7(11)4-10-6/h4-8,11-13H,2-3H2,1H3;2*5-8,10-12H,2-4H2,1H3/t4-,5+,6-,7-;5-,6+,7+,8+;5-,6-,7+,8+/m000/s1. The average molecular weight is 550 g/mol. The van der Waals surface area contributed by atoms with Gasteiger partial charge in [-0.1, -0.05) is 20.8 Å². The van der Waals surface area contributed by atoms with Gasteiger partial charge in [-0.25, -0.2) is 8.78 Å². The van der Waals surface area contributed by atoms with Crippen molar-refractivity contribution in [2.24, 2.45) is 17.8 Å². The van der Waals surface area contributed by atoms with Crippen LogP contribution in [0, 0.1) is 17.8 Å². The zero-order valence-electron chi connectivity index (χ0n) is 21.9. The van der Waals surface area contributed by atoms with Crippen molar-refractivity contribution in [3.8, 4) is 0 Å². The minimum Gasteiger partial charge on any atom is -0.390 e. The van der Waals surface area contributed by atoms with E-state index >= 15 is 0 Å². The number of halogens is 4. The fourth-order valence-electron chi connectivity index (χ4n) is 5.19. The molecule has 0 aromatic carbocycles. The normalized spacial score (nSPS) is 42.3. The summed E-state index contributed by atoms with van der Waals surface area (Å²) in [5, 5.41) is 64.5. The SMILES string of the molecule is CC[C@@H]1NC[C@@H](O)[C@H](O)[C@H]1C(F)F.CC[C@@H]1NC[C@@H](O)[C@H](O)[C@H]1CF.CC[C@H]1NC[C@@H](O)[C@H](O)[C@H]1CF. The first kappa shape index (κ1) is 34.4. The summed E-state index contributed by atoms with van der Waals surface area (Å²) >= 11 is 0. The molecule has 0 amide bonds. The van der Waals surface area contributed by atoms with Crippen LogP contribution in [0.3, 0.4) is 0 Å². The van der Waals surface area contributed by atoms with Gasteiger partial charge in [-0.15, -0.1) is 0 Å². The predicted molar refractivity (Wildman–Crippen MR) is 131 cm³/mol. The fraction of sp³-hybridized carbons (Fsp3) is 1.00. The molecule has 3 fully saturated rings. The fourth-order valence-corrected chi connectivity index (χ4v) is 5.19. The van der Waals surface area contributed by atoms with Crippen molar-refractivity contribution in [3.05, 3.63) is 0 Å². The number of β-amino-alcohol motifs (C(OH)–C–C–N with tert-alkyl or cyclic N) is 3. The molecule has 13 heteroatoms. The third-order valence-corrected chi connectivity index (χ3v) is 7.69. The van der Waals surface area contributed by atoms with Gasteiger partial charge in [-0.3, -0.25) is 8.78 Å². The minimum atomic E-state index is -2.60. The quantitative estimate of drug-likeness (QED) is 0.196. The minimum absolute atomic E-state index is 0.00611. The lowest BCUT2D eigenvalue weighted by atomic mass is 9.85. The highest BCUT2D eigenvalue weighted by atomic mass is 19.3. The average Bonchev–Trinajstić information content (AvgIpc) is 2.89. The lowest BCUT2D eigenvalue weighted by Crippen LogP contribution is -2.58. The predicted octanol–water partition coefficient (Wildman–Crippen LogP) is -0.677. The number of alkyl halides is 4. The largest absolute Gasteiger partial charge is 0.390 e. The maximum Gasteiger partial charge on any atom is 0.245 e. The molecule has 0 aromatic rings. The monoisotopic (exact) mass is 549 g/mol. The Balaban J connectivity index is 0.000000278. The smallest absolute Gasteiger partial charge is 0.245 e. The Kier molecular flexibility index (Phi) is 15.9. The van der Waals surface area contributed by atoms with E-state index in [1.807, 2.05) is 13.8 Å². The van der Waals surface area contributed by atoms with Gasteiger partial charge in [0.2, 0.25) is 6.43 Å². The van der Waals surface area contributed by atoms with E-state index in [-0.39, 0.29) is 18.6 Å². The highest BCUT2D eigenvalue weighted by Crippen LogP contribution is 2.26. The zero-order valence-corrected chi connectivity index (χ0v) is 21.9. The van der Waals surface area contributed by atoms with E-state index in [4.69, 9.17) is 5.11 Å². The number of hydrogen-bond donors (Lipinski definition) is 9. The molecular formula is C24H47F4N3O6. The van der Waals surface area contributed by atoms with E-state index in [0.717, 1.165) is 12.8 Å². The van der Waals surface area contributed by atoms with Crippen molar-refractivity contribution in [1.29, 1.82) is 0 Å². The van der Waals surface area contributed by atoms with E-state index in [0.29, 0.717) is 19.5 Å². The molecule has 0 unspecified atom stereocenters. The third-order valence-electron chi connectivity index (χ3n) is 7.69. The van der Waals surface area contributed by atoms with Crippen molar-refractivity contribution < 1.29 is 48.2 Å². The Morgan fingerprint density at radius 1 is 0.595 bits per heavy atom. The van der Waals surface area contributed by atoms with Crippen molar-refractivity contribution in [1.82, 2.24) is 16.0 Å². The first-order valence-electron chi connectivity index (χ1n) is 13.2. The summed E-state index contributed by atoms with van der Waals surface area (Å²) in [5.41, 5.74) is 0. The number of aliphatic hydroxyl groups is 6. The van der Waals surface area contributed by atoms with Crippen molar-refractivity contribution in [3.63, 3.8) is 0 Å². The van der Waals surface area contributed by atoms with Crippen LogP contribution in [0.1, 0.15) is 40.0 Å². The van der Waals surface area contributed by atoms with E-state index < -0.39 is 80.2 Å². The second-order valence-electron chi connectivity index (χ2n) is 9.99. The van der Waals surface area contributed by atoms with Gasteiger partial charge in [0.15, 0.2) is 0 Å². The molecule has 0 aliphatic carbocycles. The summed E-state index contributed by atoms with van der Waals surface area (Å²) in [5.74, 6) is -2.08. The van der Waals surface area contributed by atoms with Crippen LogP contribution in [0.2, 0.25) is 0 Å². The molecule has 3 rings (SSSR count). The van der Waals surface area contributed by atoms with Gasteiger partial charge < -0.3 is 46.6 Å². The van der Waals surface area contributed by atoms with E-state index in [1.54, 1.807) is 6.92 Å². The van der Waals surface area contributed by atoms with Crippen molar-refractivity contribution in [2.45, 2.75) is 101 Å². The molecular weight excluding hydrogens is 502 g/mol. The van der Waals surface area contributed by atoms with Crippen LogP contribution in [0.4, 0.5) is 17.6 Å². The summed E-state index contributed by atoms with van der Waals surface area (Å²) in [4.78, 5) is 0. The second-order valence-corrected chi connectivity index (χ2v) is 9.99. The Morgan fingerprint density at radius 2 is 0.919 bits per heavy atom. The number of nitrogens with one attached hydrogen (secondary N) is 3. The Labute approximate surface area is 216 Å². The number of aliphatic hydroxyl groups excluding tert-OH is 6. The molecule has 3 saturated heterocycles. The Morgan fingerprint density at radius 3 is 1.22 bits per heavy atom. The van der Waals surface area contributed by atoms with Gasteiger partial charge in [0.1, 0.15) is 0 Å². The lowest BCUT2D eigenvalue weighted by Gasteiger charge is -2.38. The first-order chi connectivity index (χ1) is 17.5. The number of piperidine rings is 3. The van der Waals surface area contributed by atoms with Gasteiger partial charge in [-0.2, -0.15) is 0 Å². The summed E-state index contributed by atoms with van der Waals surface area (Å²) in [6.45, 7) is 5.38. The highest BCUT2D eigenvalue weighted by Gasteiger charge is 2.42. The molecule has 37 heavy (non-hydrogen) atoms. The molecule has 0 radical (unpaired) electrons. The summed E-state index contributed by atoms with van der Waals surface area (Å²) in [6, 6.07) is -0.416.